The van der Waals surface area contributed by atoms with Crippen LogP contribution in [0.25, 0.3) is 10.4 Å². The standard InChI is InChI=1S/C24H25ClN4O2S/c25-17-6-3-14(4-7-17)10-18(26)13-27-24-29-22(20-2-1-9-31-20)23(32-24)15-5-8-19-16(11-15)12-21(30)28-19/h3-8,11,18,20H,1-2,9-10,12-13,26H2,(H,27,29)(H,28,30)/t18-,20?/m0/s1. The lowest BCUT2D eigenvalue weighted by Crippen LogP contribution is -2.31. The van der Waals surface area contributed by atoms with Gasteiger partial charge in [-0.3, -0.25) is 4.79 Å². The van der Waals surface area contributed by atoms with Crippen LogP contribution in [-0.2, 0) is 22.4 Å². The van der Waals surface area contributed by atoms with Crippen LogP contribution in [0.4, 0.5) is 10.8 Å². The summed E-state index contributed by atoms with van der Waals surface area (Å²) in [6.45, 7) is 1.38. The number of thiazole rings is 1. The molecule has 2 aromatic carbocycles. The Morgan fingerprint density at radius 2 is 2.12 bits per heavy atom. The number of ether oxygens (including phenoxy) is 1. The van der Waals surface area contributed by atoms with Gasteiger partial charge in [0.15, 0.2) is 5.13 Å². The smallest absolute Gasteiger partial charge is 0.228 e. The lowest BCUT2D eigenvalue weighted by molar-refractivity contribution is -0.115. The first kappa shape index (κ1) is 21.4. The Hall–Kier alpha value is -2.45. The highest BCUT2D eigenvalue weighted by Gasteiger charge is 2.27. The molecule has 4 N–H and O–H groups in total. The van der Waals surface area contributed by atoms with Crippen molar-refractivity contribution in [3.05, 3.63) is 64.3 Å². The van der Waals surface area contributed by atoms with Gasteiger partial charge in [-0.15, -0.1) is 0 Å². The molecular formula is C24H25ClN4O2S. The molecule has 3 aromatic rings. The van der Waals surface area contributed by atoms with Crippen molar-refractivity contribution in [2.45, 2.75) is 37.8 Å². The highest BCUT2D eigenvalue weighted by molar-refractivity contribution is 7.19. The molecule has 1 aromatic heterocycles. The molecule has 0 aliphatic carbocycles. The second-order valence-corrected chi connectivity index (χ2v) is 9.74. The summed E-state index contributed by atoms with van der Waals surface area (Å²) in [5, 5.41) is 7.89. The zero-order valence-corrected chi connectivity index (χ0v) is 19.1. The average molecular weight is 469 g/mol. The number of aromatic nitrogens is 1. The summed E-state index contributed by atoms with van der Waals surface area (Å²) < 4.78 is 5.95. The molecule has 2 aliphatic heterocycles. The van der Waals surface area contributed by atoms with Crippen molar-refractivity contribution in [2.75, 3.05) is 23.8 Å². The number of rotatable bonds is 7. The molecule has 5 rings (SSSR count). The molecule has 1 fully saturated rings. The maximum Gasteiger partial charge on any atom is 0.228 e. The highest BCUT2D eigenvalue weighted by atomic mass is 35.5. The van der Waals surface area contributed by atoms with Crippen LogP contribution in [0, 0.1) is 0 Å². The number of carbonyl (C=O) groups is 1. The van der Waals surface area contributed by atoms with Gasteiger partial charge in [0, 0.05) is 29.9 Å². The predicted molar refractivity (Wildman–Crippen MR) is 129 cm³/mol. The van der Waals surface area contributed by atoms with Gasteiger partial charge in [-0.2, -0.15) is 0 Å². The van der Waals surface area contributed by atoms with Crippen molar-refractivity contribution in [1.29, 1.82) is 0 Å². The number of carbonyl (C=O) groups excluding carboxylic acids is 1. The van der Waals surface area contributed by atoms with E-state index in [0.717, 1.165) is 69.0 Å². The fourth-order valence-corrected chi connectivity index (χ4v) is 5.36. The molecule has 1 unspecified atom stereocenters. The number of benzene rings is 2. The SMILES string of the molecule is N[C@H](CNc1nc(C2CCCO2)c(-c2ccc3c(c2)CC(=O)N3)s1)Cc1ccc(Cl)cc1. The van der Waals surface area contributed by atoms with Crippen molar-refractivity contribution < 1.29 is 9.53 Å². The number of hydrogen-bond donors (Lipinski definition) is 3. The maximum atomic E-state index is 11.8. The molecule has 0 saturated carbocycles. The zero-order chi connectivity index (χ0) is 22.1. The Bertz CT molecular complexity index is 1130. The van der Waals surface area contributed by atoms with Crippen LogP contribution in [0.5, 0.6) is 0 Å². The van der Waals surface area contributed by atoms with E-state index in [2.05, 4.69) is 16.7 Å². The minimum absolute atomic E-state index is 0.00699. The first-order chi connectivity index (χ1) is 15.5. The van der Waals surface area contributed by atoms with E-state index in [1.165, 1.54) is 0 Å². The fourth-order valence-electron chi connectivity index (χ4n) is 4.21. The van der Waals surface area contributed by atoms with Crippen molar-refractivity contribution in [3.63, 3.8) is 0 Å². The van der Waals surface area contributed by atoms with E-state index in [0.29, 0.717) is 13.0 Å². The summed E-state index contributed by atoms with van der Waals surface area (Å²) in [5.41, 5.74) is 11.5. The van der Waals surface area contributed by atoms with E-state index < -0.39 is 0 Å². The zero-order valence-electron chi connectivity index (χ0n) is 17.6. The Morgan fingerprint density at radius 1 is 1.28 bits per heavy atom. The normalized spacial score (nSPS) is 18.4. The number of fused-ring (bicyclic) bond motifs is 1. The quantitative estimate of drug-likeness (QED) is 0.463. The number of hydrogen-bond acceptors (Lipinski definition) is 6. The van der Waals surface area contributed by atoms with Crippen LogP contribution in [-0.4, -0.2) is 30.1 Å². The number of nitrogens with zero attached hydrogens (tertiary/aromatic N) is 1. The molecule has 0 spiro atoms. The maximum absolute atomic E-state index is 11.8. The Morgan fingerprint density at radius 3 is 2.91 bits per heavy atom. The molecule has 0 bridgehead atoms. The van der Waals surface area contributed by atoms with Gasteiger partial charge >= 0.3 is 0 Å². The molecule has 2 atom stereocenters. The summed E-state index contributed by atoms with van der Waals surface area (Å²) in [6.07, 6.45) is 3.19. The van der Waals surface area contributed by atoms with E-state index in [9.17, 15) is 4.79 Å². The highest BCUT2D eigenvalue weighted by Crippen LogP contribution is 2.42. The molecule has 32 heavy (non-hydrogen) atoms. The minimum atomic E-state index is -0.0493. The van der Waals surface area contributed by atoms with E-state index in [-0.39, 0.29) is 18.1 Å². The van der Waals surface area contributed by atoms with Gasteiger partial charge in [0.2, 0.25) is 5.91 Å². The number of nitrogens with one attached hydrogen (secondary N) is 2. The fraction of sp³-hybridized carbons (Fsp3) is 0.333. The van der Waals surface area contributed by atoms with Crippen LogP contribution < -0.4 is 16.4 Å². The molecule has 3 heterocycles. The van der Waals surface area contributed by atoms with Crippen LogP contribution in [0.15, 0.2) is 42.5 Å². The number of amides is 1. The van der Waals surface area contributed by atoms with Crippen LogP contribution in [0.1, 0.15) is 35.8 Å². The predicted octanol–water partition coefficient (Wildman–Crippen LogP) is 4.79. The molecule has 166 valence electrons. The van der Waals surface area contributed by atoms with Crippen molar-refractivity contribution in [3.8, 4) is 10.4 Å². The van der Waals surface area contributed by atoms with Crippen LogP contribution >= 0.6 is 22.9 Å². The molecule has 8 heteroatoms. The molecule has 0 radical (unpaired) electrons. The van der Waals surface area contributed by atoms with Crippen molar-refractivity contribution >= 4 is 39.7 Å². The molecule has 2 aliphatic rings. The summed E-state index contributed by atoms with van der Waals surface area (Å²) in [4.78, 5) is 17.7. The van der Waals surface area contributed by atoms with E-state index in [4.69, 9.17) is 27.1 Å². The lowest BCUT2D eigenvalue weighted by atomic mass is 10.0. The van der Waals surface area contributed by atoms with E-state index in [1.807, 2.05) is 36.4 Å². The summed E-state index contributed by atoms with van der Waals surface area (Å²) in [6, 6.07) is 13.9. The third kappa shape index (κ3) is 4.66. The van der Waals surface area contributed by atoms with Gasteiger partial charge < -0.3 is 21.1 Å². The van der Waals surface area contributed by atoms with E-state index >= 15 is 0 Å². The van der Waals surface area contributed by atoms with Gasteiger partial charge in [0.25, 0.3) is 0 Å². The first-order valence-electron chi connectivity index (χ1n) is 10.8. The number of anilines is 2. The van der Waals surface area contributed by atoms with Crippen molar-refractivity contribution in [1.82, 2.24) is 4.98 Å². The van der Waals surface area contributed by atoms with E-state index in [1.54, 1.807) is 11.3 Å². The summed E-state index contributed by atoms with van der Waals surface area (Å²) >= 11 is 7.58. The number of nitrogens with two attached hydrogens (primary N) is 1. The second kappa shape index (κ2) is 9.19. The summed E-state index contributed by atoms with van der Waals surface area (Å²) in [7, 11) is 0. The number of halogens is 1. The molecular weight excluding hydrogens is 444 g/mol. The largest absolute Gasteiger partial charge is 0.372 e. The Labute approximate surface area is 196 Å². The van der Waals surface area contributed by atoms with Gasteiger partial charge in [-0.05, 0) is 60.2 Å². The van der Waals surface area contributed by atoms with Gasteiger partial charge in [0.05, 0.1) is 17.0 Å². The molecule has 1 amide bonds. The Kier molecular flexibility index (Phi) is 6.15. The molecule has 1 saturated heterocycles. The van der Waals surface area contributed by atoms with Crippen LogP contribution in [0.3, 0.4) is 0 Å². The molecule has 6 nitrogen and oxygen atoms in total. The third-order valence-corrected chi connectivity index (χ3v) is 7.14. The topological polar surface area (TPSA) is 89.3 Å². The average Bonchev–Trinajstić information content (AvgIpc) is 3.52. The minimum Gasteiger partial charge on any atom is -0.372 e. The second-order valence-electron chi connectivity index (χ2n) is 8.30. The summed E-state index contributed by atoms with van der Waals surface area (Å²) in [5.74, 6) is 0.0397. The van der Waals surface area contributed by atoms with Gasteiger partial charge in [-0.25, -0.2) is 4.98 Å². The van der Waals surface area contributed by atoms with Crippen LogP contribution in [0.2, 0.25) is 5.02 Å². The van der Waals surface area contributed by atoms with Gasteiger partial charge in [0.1, 0.15) is 6.10 Å². The first-order valence-corrected chi connectivity index (χ1v) is 12.0. The lowest BCUT2D eigenvalue weighted by Gasteiger charge is -2.12. The monoisotopic (exact) mass is 468 g/mol. The Balaban J connectivity index is 1.34. The third-order valence-electron chi connectivity index (χ3n) is 5.81. The van der Waals surface area contributed by atoms with Crippen molar-refractivity contribution in [2.24, 2.45) is 5.73 Å². The van der Waals surface area contributed by atoms with Gasteiger partial charge in [-0.1, -0.05) is 41.1 Å².